The van der Waals surface area contributed by atoms with Gasteiger partial charge in [0.2, 0.25) is 0 Å². The molecule has 0 aromatic heterocycles. The SMILES string of the molecule is CCNC(=NCc1ccccc1CN(C)C(C)C)NC1CCN(Cc2ccccc2)CC1.I. The number of hydrogen-bond donors (Lipinski definition) is 2. The summed E-state index contributed by atoms with van der Waals surface area (Å²) in [5.74, 6) is 0.932. The Bertz CT molecular complexity index is 831. The minimum Gasteiger partial charge on any atom is -0.357 e. The van der Waals surface area contributed by atoms with Gasteiger partial charge in [-0.05, 0) is 57.4 Å². The van der Waals surface area contributed by atoms with E-state index in [1.807, 2.05) is 0 Å². The van der Waals surface area contributed by atoms with Gasteiger partial charge in [-0.1, -0.05) is 54.6 Å². The molecule has 2 aromatic carbocycles. The van der Waals surface area contributed by atoms with Crippen molar-refractivity contribution in [2.75, 3.05) is 26.7 Å². The van der Waals surface area contributed by atoms with Gasteiger partial charge in [0.15, 0.2) is 5.96 Å². The summed E-state index contributed by atoms with van der Waals surface area (Å²) in [6, 6.07) is 20.5. The number of nitrogens with zero attached hydrogens (tertiary/aromatic N) is 3. The second-order valence-electron chi connectivity index (χ2n) is 9.15. The normalized spacial score (nSPS) is 15.5. The van der Waals surface area contributed by atoms with Crippen LogP contribution >= 0.6 is 24.0 Å². The summed E-state index contributed by atoms with van der Waals surface area (Å²) in [5.41, 5.74) is 4.06. The van der Waals surface area contributed by atoms with Crippen LogP contribution < -0.4 is 10.6 Å². The largest absolute Gasteiger partial charge is 0.357 e. The fourth-order valence-corrected chi connectivity index (χ4v) is 4.07. The van der Waals surface area contributed by atoms with E-state index in [-0.39, 0.29) is 24.0 Å². The van der Waals surface area contributed by atoms with Crippen molar-refractivity contribution in [3.05, 3.63) is 71.3 Å². The Morgan fingerprint density at radius 3 is 2.30 bits per heavy atom. The minimum atomic E-state index is 0. The van der Waals surface area contributed by atoms with Gasteiger partial charge in [0, 0.05) is 44.8 Å². The van der Waals surface area contributed by atoms with Gasteiger partial charge in [0.05, 0.1) is 6.54 Å². The van der Waals surface area contributed by atoms with Gasteiger partial charge in [0.1, 0.15) is 0 Å². The zero-order valence-electron chi connectivity index (χ0n) is 20.8. The molecule has 0 atom stereocenters. The quantitative estimate of drug-likeness (QED) is 0.260. The van der Waals surface area contributed by atoms with E-state index in [1.165, 1.54) is 16.7 Å². The first-order chi connectivity index (χ1) is 15.5. The van der Waals surface area contributed by atoms with Gasteiger partial charge in [-0.2, -0.15) is 0 Å². The Kier molecular flexibility index (Phi) is 12.2. The first-order valence-corrected chi connectivity index (χ1v) is 12.1. The zero-order chi connectivity index (χ0) is 22.8. The summed E-state index contributed by atoms with van der Waals surface area (Å²) >= 11 is 0. The molecule has 1 aliphatic heterocycles. The van der Waals surface area contributed by atoms with Crippen LogP contribution in [-0.2, 0) is 19.6 Å². The van der Waals surface area contributed by atoms with Crippen LogP contribution in [0.3, 0.4) is 0 Å². The lowest BCUT2D eigenvalue weighted by Crippen LogP contribution is -2.48. The molecule has 33 heavy (non-hydrogen) atoms. The highest BCUT2D eigenvalue weighted by Crippen LogP contribution is 2.15. The third-order valence-corrected chi connectivity index (χ3v) is 6.35. The Labute approximate surface area is 218 Å². The minimum absolute atomic E-state index is 0. The smallest absolute Gasteiger partial charge is 0.191 e. The van der Waals surface area contributed by atoms with Crippen LogP contribution in [0.1, 0.15) is 50.3 Å². The predicted octanol–water partition coefficient (Wildman–Crippen LogP) is 4.86. The summed E-state index contributed by atoms with van der Waals surface area (Å²) < 4.78 is 0. The maximum Gasteiger partial charge on any atom is 0.191 e. The van der Waals surface area contributed by atoms with Crippen molar-refractivity contribution < 1.29 is 0 Å². The van der Waals surface area contributed by atoms with Gasteiger partial charge in [-0.3, -0.25) is 9.80 Å². The molecule has 0 radical (unpaired) electrons. The average molecular weight is 564 g/mol. The van der Waals surface area contributed by atoms with E-state index >= 15 is 0 Å². The molecule has 0 aliphatic carbocycles. The van der Waals surface area contributed by atoms with E-state index in [0.29, 0.717) is 18.6 Å². The maximum absolute atomic E-state index is 4.94. The topological polar surface area (TPSA) is 42.9 Å². The summed E-state index contributed by atoms with van der Waals surface area (Å²) in [6.45, 7) is 12.4. The van der Waals surface area contributed by atoms with Crippen molar-refractivity contribution >= 4 is 29.9 Å². The van der Waals surface area contributed by atoms with Gasteiger partial charge in [0.25, 0.3) is 0 Å². The standard InChI is InChI=1S/C27H41N5.HI/c1-5-28-27(29-19-24-13-9-10-14-25(24)21-31(4)22(2)3)30-26-15-17-32(18-16-26)20-23-11-7-6-8-12-23;/h6-14,22,26H,5,15-21H2,1-4H3,(H2,28,29,30);1H. The second-order valence-corrected chi connectivity index (χ2v) is 9.15. The molecule has 1 aliphatic rings. The molecular formula is C27H42IN5. The summed E-state index contributed by atoms with van der Waals surface area (Å²) in [4.78, 5) is 9.86. The fraction of sp³-hybridized carbons (Fsp3) is 0.519. The van der Waals surface area contributed by atoms with Crippen LogP contribution in [0, 0.1) is 0 Å². The Balaban J connectivity index is 0.00000385. The van der Waals surface area contributed by atoms with Crippen LogP contribution in [0.5, 0.6) is 0 Å². The number of halogens is 1. The number of benzene rings is 2. The molecule has 6 heteroatoms. The number of guanidine groups is 1. The first-order valence-electron chi connectivity index (χ1n) is 12.1. The fourth-order valence-electron chi connectivity index (χ4n) is 4.07. The lowest BCUT2D eigenvalue weighted by Gasteiger charge is -2.33. The van der Waals surface area contributed by atoms with Crippen molar-refractivity contribution in [2.45, 2.75) is 65.3 Å². The molecule has 2 N–H and O–H groups in total. The Hall–Kier alpha value is -1.64. The highest BCUT2D eigenvalue weighted by molar-refractivity contribution is 14.0. The Morgan fingerprint density at radius 2 is 1.67 bits per heavy atom. The van der Waals surface area contributed by atoms with Crippen LogP contribution in [0.25, 0.3) is 0 Å². The molecule has 0 spiro atoms. The molecule has 0 saturated carbocycles. The van der Waals surface area contributed by atoms with Crippen LogP contribution in [0.2, 0.25) is 0 Å². The number of aliphatic imine (C=N–C) groups is 1. The van der Waals surface area contributed by atoms with Crippen molar-refractivity contribution in [2.24, 2.45) is 4.99 Å². The van der Waals surface area contributed by atoms with E-state index in [4.69, 9.17) is 4.99 Å². The average Bonchev–Trinajstić information content (AvgIpc) is 2.80. The van der Waals surface area contributed by atoms with Crippen molar-refractivity contribution in [3.8, 4) is 0 Å². The predicted molar refractivity (Wildman–Crippen MR) is 151 cm³/mol. The molecule has 0 bridgehead atoms. The van der Waals surface area contributed by atoms with E-state index in [9.17, 15) is 0 Å². The van der Waals surface area contributed by atoms with Crippen molar-refractivity contribution in [1.29, 1.82) is 0 Å². The van der Waals surface area contributed by atoms with Crippen LogP contribution in [-0.4, -0.2) is 54.5 Å². The second kappa shape index (κ2) is 14.6. The van der Waals surface area contributed by atoms with Crippen LogP contribution in [0.15, 0.2) is 59.6 Å². The number of likely N-dealkylation sites (tertiary alicyclic amines) is 1. The van der Waals surface area contributed by atoms with E-state index < -0.39 is 0 Å². The lowest BCUT2D eigenvalue weighted by molar-refractivity contribution is 0.198. The van der Waals surface area contributed by atoms with Gasteiger partial charge >= 0.3 is 0 Å². The molecule has 182 valence electrons. The van der Waals surface area contributed by atoms with E-state index in [1.54, 1.807) is 0 Å². The molecule has 1 heterocycles. The maximum atomic E-state index is 4.94. The van der Waals surface area contributed by atoms with Gasteiger partial charge < -0.3 is 10.6 Å². The van der Waals surface area contributed by atoms with Crippen molar-refractivity contribution in [3.63, 3.8) is 0 Å². The summed E-state index contributed by atoms with van der Waals surface area (Å²) in [5, 5.41) is 7.14. The molecule has 1 saturated heterocycles. The lowest BCUT2D eigenvalue weighted by atomic mass is 10.0. The number of piperidine rings is 1. The molecule has 0 amide bonds. The highest BCUT2D eigenvalue weighted by Gasteiger charge is 2.20. The molecular weight excluding hydrogens is 521 g/mol. The number of rotatable bonds is 9. The molecule has 1 fully saturated rings. The molecule has 2 aromatic rings. The summed E-state index contributed by atoms with van der Waals surface area (Å²) in [6.07, 6.45) is 2.29. The van der Waals surface area contributed by atoms with E-state index in [0.717, 1.165) is 51.5 Å². The van der Waals surface area contributed by atoms with Crippen LogP contribution in [0.4, 0.5) is 0 Å². The molecule has 0 unspecified atom stereocenters. The monoisotopic (exact) mass is 563 g/mol. The Morgan fingerprint density at radius 1 is 1.03 bits per heavy atom. The van der Waals surface area contributed by atoms with Gasteiger partial charge in [-0.15, -0.1) is 24.0 Å². The zero-order valence-corrected chi connectivity index (χ0v) is 23.1. The first kappa shape index (κ1) is 27.6. The number of hydrogen-bond acceptors (Lipinski definition) is 3. The molecule has 3 rings (SSSR count). The highest BCUT2D eigenvalue weighted by atomic mass is 127. The number of nitrogens with one attached hydrogen (secondary N) is 2. The summed E-state index contributed by atoms with van der Waals surface area (Å²) in [7, 11) is 2.18. The van der Waals surface area contributed by atoms with E-state index in [2.05, 4.69) is 103 Å². The third kappa shape index (κ3) is 9.26. The third-order valence-electron chi connectivity index (χ3n) is 6.35. The molecule has 5 nitrogen and oxygen atoms in total. The van der Waals surface area contributed by atoms with Crippen molar-refractivity contribution in [1.82, 2.24) is 20.4 Å². The van der Waals surface area contributed by atoms with Gasteiger partial charge in [-0.25, -0.2) is 4.99 Å².